The molecule has 0 fully saturated rings. The molecule has 26 heavy (non-hydrogen) atoms. The number of methoxy groups -OCH3 is 1. The van der Waals surface area contributed by atoms with Gasteiger partial charge in [0.2, 0.25) is 0 Å². The normalized spacial score (nSPS) is 11.1. The molecule has 1 N–H and O–H groups in total. The zero-order valence-corrected chi connectivity index (χ0v) is 16.4. The third kappa shape index (κ3) is 4.54. The number of nitrogens with one attached hydrogen (secondary N) is 1. The van der Waals surface area contributed by atoms with Gasteiger partial charge in [-0.15, -0.1) is 0 Å². The SMILES string of the molecule is COC(=O)COc1ccc(S(=O)(=O)Nc2c(C)cc(C)cc2C)cc1C. The van der Waals surface area contributed by atoms with Crippen molar-refractivity contribution in [2.75, 3.05) is 18.4 Å². The van der Waals surface area contributed by atoms with Gasteiger partial charge < -0.3 is 9.47 Å². The van der Waals surface area contributed by atoms with E-state index in [0.717, 1.165) is 16.7 Å². The van der Waals surface area contributed by atoms with Gasteiger partial charge in [-0.05, 0) is 62.6 Å². The van der Waals surface area contributed by atoms with Gasteiger partial charge >= 0.3 is 5.97 Å². The van der Waals surface area contributed by atoms with Crippen LogP contribution in [0.2, 0.25) is 0 Å². The number of carbonyl (C=O) groups is 1. The summed E-state index contributed by atoms with van der Waals surface area (Å²) in [5, 5.41) is 0. The highest BCUT2D eigenvalue weighted by molar-refractivity contribution is 7.92. The number of hydrogen-bond donors (Lipinski definition) is 1. The standard InChI is InChI=1S/C19H23NO5S/c1-12-8-14(3)19(15(4)9-12)20-26(22,23)16-6-7-17(13(2)10-16)25-11-18(21)24-5/h6-10,20H,11H2,1-5H3. The fraction of sp³-hybridized carbons (Fsp3) is 0.316. The fourth-order valence-corrected chi connectivity index (χ4v) is 3.97. The second-order valence-corrected chi connectivity index (χ2v) is 7.85. The second kappa shape index (κ2) is 7.78. The Bertz CT molecular complexity index is 912. The Kier molecular flexibility index (Phi) is 5.92. The van der Waals surface area contributed by atoms with Crippen molar-refractivity contribution in [3.8, 4) is 5.75 Å². The molecule has 2 rings (SSSR count). The van der Waals surface area contributed by atoms with Crippen LogP contribution in [0.25, 0.3) is 0 Å². The number of hydrogen-bond acceptors (Lipinski definition) is 5. The van der Waals surface area contributed by atoms with Crippen LogP contribution in [-0.2, 0) is 19.6 Å². The van der Waals surface area contributed by atoms with Crippen molar-refractivity contribution in [3.63, 3.8) is 0 Å². The third-order valence-electron chi connectivity index (χ3n) is 3.94. The lowest BCUT2D eigenvalue weighted by atomic mass is 10.1. The number of esters is 1. The number of sulfonamides is 1. The minimum absolute atomic E-state index is 0.125. The molecular formula is C19H23NO5S. The molecule has 2 aromatic carbocycles. The summed E-state index contributed by atoms with van der Waals surface area (Å²) in [6.45, 7) is 7.19. The van der Waals surface area contributed by atoms with E-state index in [-0.39, 0.29) is 11.5 Å². The molecule has 0 aromatic heterocycles. The first-order chi connectivity index (χ1) is 12.1. The highest BCUT2D eigenvalue weighted by Gasteiger charge is 2.18. The minimum atomic E-state index is -3.74. The van der Waals surface area contributed by atoms with E-state index >= 15 is 0 Å². The predicted octanol–water partition coefficient (Wildman–Crippen LogP) is 3.27. The van der Waals surface area contributed by atoms with Crippen molar-refractivity contribution in [2.45, 2.75) is 32.6 Å². The summed E-state index contributed by atoms with van der Waals surface area (Å²) in [5.74, 6) is -0.0786. The first kappa shape index (κ1) is 19.8. The van der Waals surface area contributed by atoms with Crippen molar-refractivity contribution >= 4 is 21.7 Å². The van der Waals surface area contributed by atoms with E-state index in [4.69, 9.17) is 4.74 Å². The second-order valence-electron chi connectivity index (χ2n) is 6.17. The summed E-state index contributed by atoms with van der Waals surface area (Å²) in [6, 6.07) is 8.34. The molecule has 0 aliphatic carbocycles. The molecule has 0 bridgehead atoms. The lowest BCUT2D eigenvalue weighted by Crippen LogP contribution is -2.16. The summed E-state index contributed by atoms with van der Waals surface area (Å²) < 4.78 is 38.0. The van der Waals surface area contributed by atoms with Crippen LogP contribution in [0.5, 0.6) is 5.75 Å². The number of carbonyl (C=O) groups excluding carboxylic acids is 1. The Hall–Kier alpha value is -2.54. The zero-order chi connectivity index (χ0) is 19.5. The van der Waals surface area contributed by atoms with E-state index in [2.05, 4.69) is 9.46 Å². The Morgan fingerprint density at radius 2 is 1.62 bits per heavy atom. The molecule has 7 heteroatoms. The Morgan fingerprint density at radius 1 is 1.00 bits per heavy atom. The topological polar surface area (TPSA) is 81.7 Å². The largest absolute Gasteiger partial charge is 0.482 e. The van der Waals surface area contributed by atoms with Gasteiger partial charge in [-0.3, -0.25) is 4.72 Å². The number of benzene rings is 2. The van der Waals surface area contributed by atoms with Gasteiger partial charge in [0.25, 0.3) is 10.0 Å². The van der Waals surface area contributed by atoms with Crippen LogP contribution >= 0.6 is 0 Å². The van der Waals surface area contributed by atoms with E-state index in [1.807, 2.05) is 32.9 Å². The van der Waals surface area contributed by atoms with Gasteiger partial charge in [0, 0.05) is 0 Å². The molecule has 0 aliphatic heterocycles. The predicted molar refractivity (Wildman–Crippen MR) is 100 cm³/mol. The molecular weight excluding hydrogens is 354 g/mol. The van der Waals surface area contributed by atoms with Crippen molar-refractivity contribution in [1.82, 2.24) is 0 Å². The van der Waals surface area contributed by atoms with E-state index in [1.54, 1.807) is 6.92 Å². The van der Waals surface area contributed by atoms with E-state index in [0.29, 0.717) is 17.0 Å². The maximum absolute atomic E-state index is 12.7. The molecule has 2 aromatic rings. The van der Waals surface area contributed by atoms with Gasteiger partial charge in [0.15, 0.2) is 6.61 Å². The molecule has 0 heterocycles. The Labute approximate surface area is 154 Å². The number of ether oxygens (including phenoxy) is 2. The fourth-order valence-electron chi connectivity index (χ4n) is 2.68. The first-order valence-electron chi connectivity index (χ1n) is 8.05. The molecule has 0 atom stereocenters. The van der Waals surface area contributed by atoms with E-state index in [1.165, 1.54) is 25.3 Å². The number of aryl methyl sites for hydroxylation is 4. The van der Waals surface area contributed by atoms with Gasteiger partial charge in [-0.1, -0.05) is 17.7 Å². The van der Waals surface area contributed by atoms with Crippen LogP contribution in [0.3, 0.4) is 0 Å². The Morgan fingerprint density at radius 3 is 2.15 bits per heavy atom. The molecule has 0 spiro atoms. The molecule has 0 amide bonds. The van der Waals surface area contributed by atoms with Gasteiger partial charge in [0.1, 0.15) is 5.75 Å². The molecule has 0 saturated carbocycles. The van der Waals surface area contributed by atoms with Crippen LogP contribution < -0.4 is 9.46 Å². The van der Waals surface area contributed by atoms with Crippen LogP contribution in [0.15, 0.2) is 35.2 Å². The average Bonchev–Trinajstić information content (AvgIpc) is 2.56. The average molecular weight is 377 g/mol. The van der Waals surface area contributed by atoms with Crippen LogP contribution in [-0.4, -0.2) is 28.1 Å². The Balaban J connectivity index is 2.27. The summed E-state index contributed by atoms with van der Waals surface area (Å²) in [7, 11) is -2.47. The van der Waals surface area contributed by atoms with Crippen LogP contribution in [0.1, 0.15) is 22.3 Å². The molecule has 6 nitrogen and oxygen atoms in total. The van der Waals surface area contributed by atoms with E-state index in [9.17, 15) is 13.2 Å². The molecule has 0 radical (unpaired) electrons. The highest BCUT2D eigenvalue weighted by Crippen LogP contribution is 2.27. The van der Waals surface area contributed by atoms with Gasteiger partial charge in [-0.2, -0.15) is 0 Å². The van der Waals surface area contributed by atoms with Crippen molar-refractivity contribution in [1.29, 1.82) is 0 Å². The smallest absolute Gasteiger partial charge is 0.343 e. The monoisotopic (exact) mass is 377 g/mol. The lowest BCUT2D eigenvalue weighted by molar-refractivity contribution is -0.142. The summed E-state index contributed by atoms with van der Waals surface area (Å²) in [4.78, 5) is 11.3. The lowest BCUT2D eigenvalue weighted by Gasteiger charge is -2.15. The summed E-state index contributed by atoms with van der Waals surface area (Å²) in [5.41, 5.74) is 3.99. The highest BCUT2D eigenvalue weighted by atomic mass is 32.2. The molecule has 0 unspecified atom stereocenters. The minimum Gasteiger partial charge on any atom is -0.482 e. The van der Waals surface area contributed by atoms with E-state index < -0.39 is 16.0 Å². The van der Waals surface area contributed by atoms with Gasteiger partial charge in [-0.25, -0.2) is 13.2 Å². The number of rotatable bonds is 6. The van der Waals surface area contributed by atoms with Crippen molar-refractivity contribution in [2.24, 2.45) is 0 Å². The quantitative estimate of drug-likeness (QED) is 0.782. The summed E-state index contributed by atoms with van der Waals surface area (Å²) >= 11 is 0. The van der Waals surface area contributed by atoms with Crippen molar-refractivity contribution < 1.29 is 22.7 Å². The summed E-state index contributed by atoms with van der Waals surface area (Å²) in [6.07, 6.45) is 0. The molecule has 140 valence electrons. The maximum atomic E-state index is 12.7. The van der Waals surface area contributed by atoms with Crippen molar-refractivity contribution in [3.05, 3.63) is 52.6 Å². The number of anilines is 1. The molecule has 0 aliphatic rings. The molecule has 0 saturated heterocycles. The zero-order valence-electron chi connectivity index (χ0n) is 15.5. The first-order valence-corrected chi connectivity index (χ1v) is 9.53. The third-order valence-corrected chi connectivity index (χ3v) is 5.29. The maximum Gasteiger partial charge on any atom is 0.343 e. The van der Waals surface area contributed by atoms with Crippen LogP contribution in [0, 0.1) is 27.7 Å². The van der Waals surface area contributed by atoms with Gasteiger partial charge in [0.05, 0.1) is 17.7 Å². The van der Waals surface area contributed by atoms with Crippen LogP contribution in [0.4, 0.5) is 5.69 Å².